The molecule has 1 amide bonds. The van der Waals surface area contributed by atoms with Gasteiger partial charge < -0.3 is 9.64 Å². The second-order valence-electron chi connectivity index (χ2n) is 7.11. The van der Waals surface area contributed by atoms with Crippen molar-refractivity contribution in [2.75, 3.05) is 33.3 Å². The second-order valence-corrected chi connectivity index (χ2v) is 8.05. The molecule has 0 radical (unpaired) electrons. The van der Waals surface area contributed by atoms with Gasteiger partial charge in [-0.3, -0.25) is 9.69 Å². The van der Waals surface area contributed by atoms with Crippen molar-refractivity contribution in [3.8, 4) is 17.0 Å². The van der Waals surface area contributed by atoms with Gasteiger partial charge in [0.15, 0.2) is 0 Å². The van der Waals surface area contributed by atoms with E-state index in [2.05, 4.69) is 24.1 Å². The minimum absolute atomic E-state index is 0.288. The average Bonchev–Trinajstić information content (AvgIpc) is 3.10. The number of nitrogens with zero attached hydrogens (tertiary/aromatic N) is 3. The molecule has 0 unspecified atom stereocenters. The molecule has 0 bridgehead atoms. The molecule has 0 atom stereocenters. The molecule has 26 heavy (non-hydrogen) atoms. The zero-order valence-corrected chi connectivity index (χ0v) is 16.6. The molecule has 0 spiro atoms. The molecule has 5 nitrogen and oxygen atoms in total. The molecule has 140 valence electrons. The van der Waals surface area contributed by atoms with Gasteiger partial charge in [-0.1, -0.05) is 13.8 Å². The summed E-state index contributed by atoms with van der Waals surface area (Å²) in [5, 5.41) is 3.23. The Labute approximate surface area is 159 Å². The summed E-state index contributed by atoms with van der Waals surface area (Å²) >= 11 is 1.70. The Hall–Kier alpha value is -1.92. The van der Waals surface area contributed by atoms with Crippen molar-refractivity contribution in [3.05, 3.63) is 34.7 Å². The number of carbonyl (C=O) groups excluding carboxylic acids is 1. The molecule has 2 heterocycles. The maximum Gasteiger partial charge on any atom is 0.222 e. The number of aromatic nitrogens is 1. The predicted molar refractivity (Wildman–Crippen MR) is 105 cm³/mol. The minimum Gasteiger partial charge on any atom is -0.497 e. The van der Waals surface area contributed by atoms with Gasteiger partial charge in [0.05, 0.1) is 19.3 Å². The zero-order chi connectivity index (χ0) is 18.5. The summed E-state index contributed by atoms with van der Waals surface area (Å²) in [7, 11) is 1.67. The van der Waals surface area contributed by atoms with E-state index in [1.807, 2.05) is 29.2 Å². The minimum atomic E-state index is 0.288. The van der Waals surface area contributed by atoms with Gasteiger partial charge in [0, 0.05) is 43.5 Å². The third-order valence-electron chi connectivity index (χ3n) is 4.60. The molecule has 3 rings (SSSR count). The van der Waals surface area contributed by atoms with E-state index in [9.17, 15) is 4.79 Å². The number of methoxy groups -OCH3 is 1. The normalized spacial score (nSPS) is 15.5. The molecular weight excluding hydrogens is 346 g/mol. The topological polar surface area (TPSA) is 45.7 Å². The molecule has 1 aromatic carbocycles. The number of ether oxygens (including phenoxy) is 1. The number of thiazole rings is 1. The number of carbonyl (C=O) groups is 1. The van der Waals surface area contributed by atoms with Gasteiger partial charge in [0.1, 0.15) is 10.8 Å². The van der Waals surface area contributed by atoms with E-state index < -0.39 is 0 Å². The first kappa shape index (κ1) is 18.9. The van der Waals surface area contributed by atoms with Gasteiger partial charge in [0.2, 0.25) is 5.91 Å². The van der Waals surface area contributed by atoms with Gasteiger partial charge in [-0.15, -0.1) is 11.3 Å². The number of hydrogen-bond donors (Lipinski definition) is 0. The summed E-state index contributed by atoms with van der Waals surface area (Å²) in [6.07, 6.45) is 0.650. The molecule has 1 saturated heterocycles. The third kappa shape index (κ3) is 4.83. The lowest BCUT2D eigenvalue weighted by Gasteiger charge is -2.34. The number of benzene rings is 1. The fraction of sp³-hybridized carbons (Fsp3) is 0.500. The van der Waals surface area contributed by atoms with Crippen LogP contribution >= 0.6 is 11.3 Å². The molecule has 1 fully saturated rings. The van der Waals surface area contributed by atoms with Crippen molar-refractivity contribution in [1.29, 1.82) is 0 Å². The van der Waals surface area contributed by atoms with Crippen LogP contribution in [0.5, 0.6) is 5.75 Å². The van der Waals surface area contributed by atoms with Crippen LogP contribution in [-0.2, 0) is 11.3 Å². The molecule has 1 aromatic heterocycles. The summed E-state index contributed by atoms with van der Waals surface area (Å²) in [6.45, 7) is 8.52. The number of rotatable bonds is 6. The maximum absolute atomic E-state index is 12.2. The summed E-state index contributed by atoms with van der Waals surface area (Å²) < 4.78 is 5.20. The largest absolute Gasteiger partial charge is 0.497 e. The maximum atomic E-state index is 12.2. The molecule has 1 aliphatic heterocycles. The van der Waals surface area contributed by atoms with E-state index >= 15 is 0 Å². The highest BCUT2D eigenvalue weighted by Gasteiger charge is 2.22. The summed E-state index contributed by atoms with van der Waals surface area (Å²) in [6, 6.07) is 8.00. The van der Waals surface area contributed by atoms with Gasteiger partial charge in [-0.25, -0.2) is 4.98 Å². The summed E-state index contributed by atoms with van der Waals surface area (Å²) in [4.78, 5) is 21.3. The molecule has 2 aromatic rings. The van der Waals surface area contributed by atoms with E-state index in [0.29, 0.717) is 12.3 Å². The van der Waals surface area contributed by atoms with E-state index in [1.54, 1.807) is 18.4 Å². The Morgan fingerprint density at radius 1 is 1.19 bits per heavy atom. The van der Waals surface area contributed by atoms with E-state index in [0.717, 1.165) is 54.7 Å². The molecule has 0 N–H and O–H groups in total. The Balaban J connectivity index is 1.53. The van der Waals surface area contributed by atoms with Crippen LogP contribution in [0, 0.1) is 5.92 Å². The molecular formula is C20H27N3O2S. The Bertz CT molecular complexity index is 719. The standard InChI is InChI=1S/C20H27N3O2S/c1-15(2)12-20(24)23-10-8-22(9-11-23)13-19-21-18(14-26-19)16-4-6-17(25-3)7-5-16/h4-7,14-15H,8-13H2,1-3H3. The fourth-order valence-corrected chi connectivity index (χ4v) is 3.95. The van der Waals surface area contributed by atoms with Crippen LogP contribution in [0.25, 0.3) is 11.3 Å². The highest BCUT2D eigenvalue weighted by Crippen LogP contribution is 2.25. The lowest BCUT2D eigenvalue weighted by atomic mass is 10.1. The Morgan fingerprint density at radius 3 is 2.50 bits per heavy atom. The van der Waals surface area contributed by atoms with E-state index in [4.69, 9.17) is 9.72 Å². The van der Waals surface area contributed by atoms with Crippen molar-refractivity contribution in [1.82, 2.24) is 14.8 Å². The highest BCUT2D eigenvalue weighted by atomic mass is 32.1. The summed E-state index contributed by atoms with van der Waals surface area (Å²) in [5.41, 5.74) is 2.12. The summed E-state index contributed by atoms with van der Waals surface area (Å²) in [5.74, 6) is 1.57. The van der Waals surface area contributed by atoms with Crippen LogP contribution < -0.4 is 4.74 Å². The van der Waals surface area contributed by atoms with Crippen molar-refractivity contribution >= 4 is 17.2 Å². The van der Waals surface area contributed by atoms with Crippen LogP contribution in [-0.4, -0.2) is 54.0 Å². The predicted octanol–water partition coefficient (Wildman–Crippen LogP) is 3.51. The van der Waals surface area contributed by atoms with Crippen LogP contribution in [0.15, 0.2) is 29.6 Å². The molecule has 0 aliphatic carbocycles. The van der Waals surface area contributed by atoms with E-state index in [1.165, 1.54) is 0 Å². The SMILES string of the molecule is COc1ccc(-c2csc(CN3CCN(C(=O)CC(C)C)CC3)n2)cc1. The zero-order valence-electron chi connectivity index (χ0n) is 15.8. The van der Waals surface area contributed by atoms with Crippen molar-refractivity contribution in [2.24, 2.45) is 5.92 Å². The van der Waals surface area contributed by atoms with Crippen molar-refractivity contribution in [2.45, 2.75) is 26.8 Å². The molecule has 0 saturated carbocycles. The average molecular weight is 374 g/mol. The fourth-order valence-electron chi connectivity index (χ4n) is 3.10. The lowest BCUT2D eigenvalue weighted by Crippen LogP contribution is -2.48. The van der Waals surface area contributed by atoms with Crippen molar-refractivity contribution < 1.29 is 9.53 Å². The first-order valence-corrected chi connectivity index (χ1v) is 10.0. The van der Waals surface area contributed by atoms with Gasteiger partial charge >= 0.3 is 0 Å². The number of hydrogen-bond acceptors (Lipinski definition) is 5. The number of piperazine rings is 1. The van der Waals surface area contributed by atoms with Gasteiger partial charge in [-0.2, -0.15) is 0 Å². The first-order valence-electron chi connectivity index (χ1n) is 9.14. The number of amides is 1. The molecule has 6 heteroatoms. The first-order chi connectivity index (χ1) is 12.5. The van der Waals surface area contributed by atoms with Gasteiger partial charge in [0.25, 0.3) is 0 Å². The smallest absolute Gasteiger partial charge is 0.222 e. The Kier molecular flexibility index (Phi) is 6.27. The third-order valence-corrected chi connectivity index (χ3v) is 5.44. The van der Waals surface area contributed by atoms with Crippen LogP contribution in [0.3, 0.4) is 0 Å². The highest BCUT2D eigenvalue weighted by molar-refractivity contribution is 7.09. The quantitative estimate of drug-likeness (QED) is 0.777. The van der Waals surface area contributed by atoms with Crippen molar-refractivity contribution in [3.63, 3.8) is 0 Å². The van der Waals surface area contributed by atoms with E-state index in [-0.39, 0.29) is 5.91 Å². The monoisotopic (exact) mass is 373 g/mol. The van der Waals surface area contributed by atoms with Crippen LogP contribution in [0.4, 0.5) is 0 Å². The van der Waals surface area contributed by atoms with Crippen LogP contribution in [0.1, 0.15) is 25.3 Å². The van der Waals surface area contributed by atoms with Gasteiger partial charge in [-0.05, 0) is 30.2 Å². The van der Waals surface area contributed by atoms with Crippen LogP contribution in [0.2, 0.25) is 0 Å². The second kappa shape index (κ2) is 8.64. The lowest BCUT2D eigenvalue weighted by molar-refractivity contribution is -0.133. The Morgan fingerprint density at radius 2 is 1.88 bits per heavy atom. The molecule has 1 aliphatic rings.